The summed E-state index contributed by atoms with van der Waals surface area (Å²) in [6.45, 7) is 2.18. The summed E-state index contributed by atoms with van der Waals surface area (Å²) < 4.78 is 46.2. The molecule has 8 heteroatoms. The van der Waals surface area contributed by atoms with Crippen molar-refractivity contribution in [2.45, 2.75) is 32.5 Å². The molecule has 0 saturated carbocycles. The molecule has 2 heterocycles. The van der Waals surface area contributed by atoms with Gasteiger partial charge in [-0.2, -0.15) is 13.2 Å². The smallest absolute Gasteiger partial charge is 0.416 e. The summed E-state index contributed by atoms with van der Waals surface area (Å²) in [4.78, 5) is 15.2. The van der Waals surface area contributed by atoms with Gasteiger partial charge in [-0.3, -0.25) is 4.79 Å². The number of rotatable bonds is 6. The van der Waals surface area contributed by atoms with E-state index in [9.17, 15) is 18.0 Å². The molecule has 2 aromatic heterocycles. The largest absolute Gasteiger partial charge is 0.481 e. The Morgan fingerprint density at radius 3 is 2.55 bits per heavy atom. The number of carboxylic acids is 1. The Hall–Kier alpha value is -3.55. The average molecular weight is 428 g/mol. The van der Waals surface area contributed by atoms with Gasteiger partial charge in [-0.05, 0) is 60.7 Å². The lowest BCUT2D eigenvalue weighted by molar-refractivity contribution is -0.138. The fourth-order valence-electron chi connectivity index (χ4n) is 3.43. The number of hydrogen-bond acceptors (Lipinski definition) is 3. The molecule has 0 aliphatic rings. The van der Waals surface area contributed by atoms with Crippen molar-refractivity contribution in [1.29, 1.82) is 0 Å². The SMILES string of the molecule is Cc1nc(-c2ccc(C(F)(F)F)cc2)oc1Cn1ccc2ccc(CCC(=O)O)cc21. The third kappa shape index (κ3) is 4.47. The van der Waals surface area contributed by atoms with Gasteiger partial charge in [0.1, 0.15) is 5.76 Å². The van der Waals surface area contributed by atoms with Gasteiger partial charge >= 0.3 is 12.1 Å². The van der Waals surface area contributed by atoms with Crippen molar-refractivity contribution >= 4 is 16.9 Å². The van der Waals surface area contributed by atoms with Crippen LogP contribution in [-0.2, 0) is 23.9 Å². The van der Waals surface area contributed by atoms with E-state index in [4.69, 9.17) is 9.52 Å². The van der Waals surface area contributed by atoms with Crippen LogP contribution in [0, 0.1) is 6.92 Å². The first-order valence-electron chi connectivity index (χ1n) is 9.64. The van der Waals surface area contributed by atoms with E-state index < -0.39 is 17.7 Å². The molecule has 0 unspecified atom stereocenters. The Balaban J connectivity index is 1.59. The van der Waals surface area contributed by atoms with Crippen molar-refractivity contribution in [2.75, 3.05) is 0 Å². The van der Waals surface area contributed by atoms with Gasteiger partial charge in [0.25, 0.3) is 0 Å². The van der Waals surface area contributed by atoms with Crippen LogP contribution in [0.25, 0.3) is 22.4 Å². The van der Waals surface area contributed by atoms with Gasteiger partial charge in [0.05, 0.1) is 17.8 Å². The standard InChI is InChI=1S/C23H19F3N2O3/c1-14-20(31-22(27-14)17-5-7-18(8-6-17)23(24,25)26)13-28-11-10-16-4-2-15(12-19(16)28)3-9-21(29)30/h2,4-8,10-12H,3,9,13H2,1H3,(H,29,30). The predicted octanol–water partition coefficient (Wildman–Crippen LogP) is 5.69. The van der Waals surface area contributed by atoms with E-state index in [1.807, 2.05) is 35.0 Å². The van der Waals surface area contributed by atoms with E-state index in [1.54, 1.807) is 6.92 Å². The maximum atomic E-state index is 12.8. The maximum absolute atomic E-state index is 12.8. The van der Waals surface area contributed by atoms with E-state index in [0.29, 0.717) is 30.0 Å². The molecule has 0 aliphatic heterocycles. The monoisotopic (exact) mass is 428 g/mol. The third-order valence-electron chi connectivity index (χ3n) is 5.13. The van der Waals surface area contributed by atoms with Crippen LogP contribution in [0.4, 0.5) is 13.2 Å². The number of aliphatic carboxylic acids is 1. The fourth-order valence-corrected chi connectivity index (χ4v) is 3.43. The molecule has 0 spiro atoms. The summed E-state index contributed by atoms with van der Waals surface area (Å²) in [5.74, 6) is 0.0201. The number of hydrogen-bond donors (Lipinski definition) is 1. The van der Waals surface area contributed by atoms with E-state index >= 15 is 0 Å². The minimum Gasteiger partial charge on any atom is -0.481 e. The lowest BCUT2D eigenvalue weighted by Crippen LogP contribution is -2.03. The van der Waals surface area contributed by atoms with Gasteiger partial charge in [0, 0.05) is 23.7 Å². The van der Waals surface area contributed by atoms with Gasteiger partial charge in [-0.25, -0.2) is 4.98 Å². The molecule has 0 radical (unpaired) electrons. The molecule has 0 bridgehead atoms. The topological polar surface area (TPSA) is 68.3 Å². The summed E-state index contributed by atoms with van der Waals surface area (Å²) in [7, 11) is 0. The average Bonchev–Trinajstić information content (AvgIpc) is 3.29. The van der Waals surface area contributed by atoms with Crippen LogP contribution in [-0.4, -0.2) is 20.6 Å². The first-order chi connectivity index (χ1) is 14.7. The van der Waals surface area contributed by atoms with Crippen LogP contribution in [0.1, 0.15) is 29.0 Å². The molecule has 0 amide bonds. The minimum atomic E-state index is -4.39. The van der Waals surface area contributed by atoms with Crippen LogP contribution in [0.15, 0.2) is 59.1 Å². The number of alkyl halides is 3. The van der Waals surface area contributed by atoms with E-state index in [-0.39, 0.29) is 12.3 Å². The second kappa shape index (κ2) is 7.94. The molecule has 4 rings (SSSR count). The second-order valence-corrected chi connectivity index (χ2v) is 7.33. The van der Waals surface area contributed by atoms with Crippen molar-refractivity contribution in [3.8, 4) is 11.5 Å². The highest BCUT2D eigenvalue weighted by Gasteiger charge is 2.30. The van der Waals surface area contributed by atoms with Crippen LogP contribution in [0.5, 0.6) is 0 Å². The van der Waals surface area contributed by atoms with Crippen molar-refractivity contribution in [2.24, 2.45) is 0 Å². The predicted molar refractivity (Wildman–Crippen MR) is 109 cm³/mol. The van der Waals surface area contributed by atoms with Crippen LogP contribution < -0.4 is 0 Å². The number of aromatic nitrogens is 2. The van der Waals surface area contributed by atoms with Gasteiger partial charge < -0.3 is 14.1 Å². The van der Waals surface area contributed by atoms with Gasteiger partial charge in [0.15, 0.2) is 0 Å². The van der Waals surface area contributed by atoms with Crippen molar-refractivity contribution in [3.63, 3.8) is 0 Å². The molecule has 0 fully saturated rings. The second-order valence-electron chi connectivity index (χ2n) is 7.33. The van der Waals surface area contributed by atoms with Crippen LogP contribution >= 0.6 is 0 Å². The number of halogens is 3. The maximum Gasteiger partial charge on any atom is 0.416 e. The van der Waals surface area contributed by atoms with E-state index in [0.717, 1.165) is 28.6 Å². The van der Waals surface area contributed by atoms with E-state index in [2.05, 4.69) is 4.98 Å². The van der Waals surface area contributed by atoms with Gasteiger partial charge in [0.2, 0.25) is 5.89 Å². The quantitative estimate of drug-likeness (QED) is 0.428. The molecule has 2 aromatic carbocycles. The Morgan fingerprint density at radius 1 is 1.13 bits per heavy atom. The number of fused-ring (bicyclic) bond motifs is 1. The summed E-state index contributed by atoms with van der Waals surface area (Å²) in [6.07, 6.45) is -1.99. The van der Waals surface area contributed by atoms with Crippen LogP contribution in [0.3, 0.4) is 0 Å². The number of carbonyl (C=O) groups is 1. The zero-order valence-corrected chi connectivity index (χ0v) is 16.6. The molecular weight excluding hydrogens is 409 g/mol. The number of aryl methyl sites for hydroxylation is 2. The molecule has 5 nitrogen and oxygen atoms in total. The third-order valence-corrected chi connectivity index (χ3v) is 5.13. The Morgan fingerprint density at radius 2 is 1.87 bits per heavy atom. The summed E-state index contributed by atoms with van der Waals surface area (Å²) in [6, 6.07) is 12.5. The van der Waals surface area contributed by atoms with Crippen molar-refractivity contribution < 1.29 is 27.5 Å². The molecule has 0 saturated heterocycles. The molecular formula is C23H19F3N2O3. The van der Waals surface area contributed by atoms with Gasteiger partial charge in [-0.1, -0.05) is 12.1 Å². The molecule has 4 aromatic rings. The summed E-state index contributed by atoms with van der Waals surface area (Å²) in [5, 5.41) is 9.91. The summed E-state index contributed by atoms with van der Waals surface area (Å²) in [5.41, 5.74) is 2.26. The normalized spacial score (nSPS) is 11.9. The molecule has 0 aliphatic carbocycles. The number of nitrogens with zero attached hydrogens (tertiary/aromatic N) is 2. The van der Waals surface area contributed by atoms with Crippen molar-refractivity contribution in [1.82, 2.24) is 9.55 Å². The lowest BCUT2D eigenvalue weighted by Gasteiger charge is -2.06. The van der Waals surface area contributed by atoms with Gasteiger partial charge in [-0.15, -0.1) is 0 Å². The number of oxazole rings is 1. The van der Waals surface area contributed by atoms with Crippen LogP contribution in [0.2, 0.25) is 0 Å². The Kier molecular flexibility index (Phi) is 5.31. The fraction of sp³-hybridized carbons (Fsp3) is 0.217. The molecule has 160 valence electrons. The zero-order valence-electron chi connectivity index (χ0n) is 16.6. The molecule has 31 heavy (non-hydrogen) atoms. The molecule has 0 atom stereocenters. The number of carboxylic acid groups (broad SMARTS) is 1. The molecule has 1 N–H and O–H groups in total. The zero-order chi connectivity index (χ0) is 22.2. The Bertz CT molecular complexity index is 1240. The highest BCUT2D eigenvalue weighted by Crippen LogP contribution is 2.31. The number of benzene rings is 2. The van der Waals surface area contributed by atoms with E-state index in [1.165, 1.54) is 12.1 Å². The first kappa shape index (κ1) is 20.7. The highest BCUT2D eigenvalue weighted by atomic mass is 19.4. The highest BCUT2D eigenvalue weighted by molar-refractivity contribution is 5.81. The van der Waals surface area contributed by atoms with Crippen molar-refractivity contribution in [3.05, 3.63) is 77.3 Å². The Labute approximate surface area is 175 Å². The summed E-state index contributed by atoms with van der Waals surface area (Å²) >= 11 is 0. The minimum absolute atomic E-state index is 0.0594. The lowest BCUT2D eigenvalue weighted by atomic mass is 10.1. The first-order valence-corrected chi connectivity index (χ1v) is 9.64.